The van der Waals surface area contributed by atoms with Gasteiger partial charge in [0.2, 0.25) is 0 Å². The Morgan fingerprint density at radius 2 is 2.29 bits per heavy atom. The van der Waals surface area contributed by atoms with Crippen molar-refractivity contribution in [1.82, 2.24) is 10.3 Å². The van der Waals surface area contributed by atoms with E-state index in [4.69, 9.17) is 10.8 Å². The third kappa shape index (κ3) is 2.35. The lowest BCUT2D eigenvalue weighted by molar-refractivity contribution is 0.251. The molecule has 0 aliphatic carbocycles. The molecule has 2 rings (SSSR count). The van der Waals surface area contributed by atoms with E-state index in [0.717, 1.165) is 30.4 Å². The van der Waals surface area contributed by atoms with Crippen LogP contribution in [0.2, 0.25) is 0 Å². The predicted molar refractivity (Wildman–Crippen MR) is 66.8 cm³/mol. The van der Waals surface area contributed by atoms with Crippen molar-refractivity contribution in [3.05, 3.63) is 27.5 Å². The number of anilines is 1. The minimum atomic E-state index is -0.129. The fourth-order valence-corrected chi connectivity index (χ4v) is 2.37. The number of nitrogens with two attached hydrogens (primary N) is 1. The minimum absolute atomic E-state index is 0.0294. The van der Waals surface area contributed by atoms with E-state index in [2.05, 4.69) is 10.3 Å². The summed E-state index contributed by atoms with van der Waals surface area (Å²) in [6, 6.07) is 2.01. The highest BCUT2D eigenvalue weighted by atomic mass is 16.3. The molecule has 1 aromatic rings. The third-order valence-electron chi connectivity index (χ3n) is 3.40. The topological polar surface area (TPSA) is 91.1 Å². The number of hydrogen-bond acceptors (Lipinski definition) is 4. The van der Waals surface area contributed by atoms with Crippen LogP contribution in [0.3, 0.4) is 0 Å². The first-order valence-electron chi connectivity index (χ1n) is 6.04. The zero-order valence-corrected chi connectivity index (χ0v) is 9.99. The van der Waals surface area contributed by atoms with Crippen LogP contribution in [0.15, 0.2) is 10.9 Å². The third-order valence-corrected chi connectivity index (χ3v) is 3.40. The Kier molecular flexibility index (Phi) is 3.49. The lowest BCUT2D eigenvalue weighted by Gasteiger charge is -2.14. The lowest BCUT2D eigenvalue weighted by Crippen LogP contribution is -2.30. The first-order valence-corrected chi connectivity index (χ1v) is 6.04. The molecule has 1 aliphatic heterocycles. The van der Waals surface area contributed by atoms with Gasteiger partial charge in [-0.15, -0.1) is 0 Å². The minimum Gasteiger partial charge on any atom is -0.395 e. The largest absolute Gasteiger partial charge is 0.395 e. The molecule has 5 heteroatoms. The molecule has 5 N–H and O–H groups in total. The fraction of sp³-hybridized carbons (Fsp3) is 0.583. The van der Waals surface area contributed by atoms with Gasteiger partial charge in [0.05, 0.1) is 6.61 Å². The number of hydrogen-bond donors (Lipinski definition) is 4. The number of aromatic nitrogens is 1. The Balaban J connectivity index is 2.30. The van der Waals surface area contributed by atoms with Crippen LogP contribution in [0, 0.1) is 0 Å². The summed E-state index contributed by atoms with van der Waals surface area (Å²) in [6.07, 6.45) is 2.57. The molecular weight excluding hydrogens is 218 g/mol. The van der Waals surface area contributed by atoms with Crippen LogP contribution in [-0.2, 0) is 6.42 Å². The van der Waals surface area contributed by atoms with Gasteiger partial charge in [0.1, 0.15) is 5.82 Å². The zero-order valence-electron chi connectivity index (χ0n) is 9.99. The summed E-state index contributed by atoms with van der Waals surface area (Å²) in [5, 5.41) is 12.3. The monoisotopic (exact) mass is 237 g/mol. The van der Waals surface area contributed by atoms with E-state index in [1.807, 2.05) is 13.0 Å². The molecule has 2 unspecified atom stereocenters. The van der Waals surface area contributed by atoms with E-state index in [1.165, 1.54) is 0 Å². The number of H-pyrrole nitrogens is 1. The quantitative estimate of drug-likeness (QED) is 0.608. The number of aryl methyl sites for hydroxylation is 1. The van der Waals surface area contributed by atoms with Crippen molar-refractivity contribution in [3.63, 3.8) is 0 Å². The molecule has 2 heterocycles. The van der Waals surface area contributed by atoms with E-state index >= 15 is 0 Å². The SMILES string of the molecule is CCc1cc(C2CCC(CO)N2)c(=O)[nH]c1N. The molecule has 1 aromatic heterocycles. The maximum Gasteiger partial charge on any atom is 0.254 e. The van der Waals surface area contributed by atoms with Crippen LogP contribution in [0.25, 0.3) is 0 Å². The molecule has 94 valence electrons. The van der Waals surface area contributed by atoms with Crippen molar-refractivity contribution in [2.24, 2.45) is 0 Å². The van der Waals surface area contributed by atoms with Crippen molar-refractivity contribution in [2.45, 2.75) is 38.3 Å². The average Bonchev–Trinajstić information content (AvgIpc) is 2.78. The summed E-state index contributed by atoms with van der Waals surface area (Å²) in [4.78, 5) is 14.5. The average molecular weight is 237 g/mol. The van der Waals surface area contributed by atoms with E-state index in [9.17, 15) is 4.79 Å². The second-order valence-electron chi connectivity index (χ2n) is 4.52. The van der Waals surface area contributed by atoms with Crippen LogP contribution in [0.1, 0.15) is 36.9 Å². The van der Waals surface area contributed by atoms with Crippen LogP contribution in [0.5, 0.6) is 0 Å². The highest BCUT2D eigenvalue weighted by molar-refractivity contribution is 5.41. The predicted octanol–water partition coefficient (Wildman–Crippen LogP) is 0.305. The maximum atomic E-state index is 11.9. The molecule has 0 spiro atoms. The number of nitrogen functional groups attached to an aromatic ring is 1. The number of aliphatic hydroxyl groups is 1. The number of nitrogens with one attached hydrogen (secondary N) is 2. The molecule has 0 bridgehead atoms. The number of aromatic amines is 1. The normalized spacial score (nSPS) is 24.1. The summed E-state index contributed by atoms with van der Waals surface area (Å²) < 4.78 is 0. The van der Waals surface area contributed by atoms with Crippen LogP contribution in [0.4, 0.5) is 5.82 Å². The van der Waals surface area contributed by atoms with E-state index in [1.54, 1.807) is 0 Å². The second-order valence-corrected chi connectivity index (χ2v) is 4.52. The summed E-state index contributed by atoms with van der Waals surface area (Å²) in [5.41, 5.74) is 7.30. The van der Waals surface area contributed by atoms with Crippen LogP contribution in [-0.4, -0.2) is 22.7 Å². The first kappa shape index (κ1) is 12.1. The van der Waals surface area contributed by atoms with Gasteiger partial charge in [-0.05, 0) is 30.9 Å². The molecule has 1 aliphatic rings. The Morgan fingerprint density at radius 3 is 2.88 bits per heavy atom. The Morgan fingerprint density at radius 1 is 1.53 bits per heavy atom. The molecular formula is C12H19N3O2. The number of aliphatic hydroxyl groups excluding tert-OH is 1. The molecule has 17 heavy (non-hydrogen) atoms. The standard InChI is InChI=1S/C12H19N3O2/c1-2-7-5-9(12(17)15-11(7)13)10-4-3-8(6-16)14-10/h5,8,10,14,16H,2-4,6H2,1H3,(H3,13,15,17). The summed E-state index contributed by atoms with van der Waals surface area (Å²) in [7, 11) is 0. The number of rotatable bonds is 3. The molecule has 0 saturated carbocycles. The lowest BCUT2D eigenvalue weighted by atomic mass is 10.0. The van der Waals surface area contributed by atoms with Crippen molar-refractivity contribution >= 4 is 5.82 Å². The molecule has 1 fully saturated rings. The van der Waals surface area contributed by atoms with Crippen molar-refractivity contribution in [1.29, 1.82) is 0 Å². The van der Waals surface area contributed by atoms with Crippen molar-refractivity contribution in [2.75, 3.05) is 12.3 Å². The summed E-state index contributed by atoms with van der Waals surface area (Å²) in [5.74, 6) is 0.456. The molecule has 1 saturated heterocycles. The number of pyridine rings is 1. The second kappa shape index (κ2) is 4.89. The van der Waals surface area contributed by atoms with Crippen molar-refractivity contribution in [3.8, 4) is 0 Å². The fourth-order valence-electron chi connectivity index (χ4n) is 2.37. The Labute approximate surface area is 100 Å². The summed E-state index contributed by atoms with van der Waals surface area (Å²) >= 11 is 0. The highest BCUT2D eigenvalue weighted by Crippen LogP contribution is 2.25. The van der Waals surface area contributed by atoms with Gasteiger partial charge in [-0.25, -0.2) is 0 Å². The zero-order chi connectivity index (χ0) is 12.4. The Hall–Kier alpha value is -1.33. The van der Waals surface area contributed by atoms with Gasteiger partial charge < -0.3 is 21.1 Å². The molecule has 0 aromatic carbocycles. The van der Waals surface area contributed by atoms with E-state index < -0.39 is 0 Å². The van der Waals surface area contributed by atoms with Crippen LogP contribution >= 0.6 is 0 Å². The van der Waals surface area contributed by atoms with Gasteiger partial charge in [0, 0.05) is 17.6 Å². The van der Waals surface area contributed by atoms with Gasteiger partial charge >= 0.3 is 0 Å². The molecule has 2 atom stereocenters. The van der Waals surface area contributed by atoms with E-state index in [-0.39, 0.29) is 24.2 Å². The van der Waals surface area contributed by atoms with E-state index in [0.29, 0.717) is 5.82 Å². The molecule has 0 amide bonds. The highest BCUT2D eigenvalue weighted by Gasteiger charge is 2.26. The summed E-state index contributed by atoms with van der Waals surface area (Å²) in [6.45, 7) is 2.12. The van der Waals surface area contributed by atoms with Gasteiger partial charge in [0.15, 0.2) is 0 Å². The van der Waals surface area contributed by atoms with Crippen LogP contribution < -0.4 is 16.6 Å². The first-order chi connectivity index (χ1) is 8.15. The molecule has 0 radical (unpaired) electrons. The van der Waals surface area contributed by atoms with Crippen molar-refractivity contribution < 1.29 is 5.11 Å². The van der Waals surface area contributed by atoms with Gasteiger partial charge in [-0.2, -0.15) is 0 Å². The molecule has 5 nitrogen and oxygen atoms in total. The smallest absolute Gasteiger partial charge is 0.254 e. The maximum absolute atomic E-state index is 11.9. The Bertz CT molecular complexity index is 456. The van der Waals surface area contributed by atoms with Gasteiger partial charge in [0.25, 0.3) is 5.56 Å². The van der Waals surface area contributed by atoms with Gasteiger partial charge in [-0.1, -0.05) is 6.92 Å². The van der Waals surface area contributed by atoms with Gasteiger partial charge in [-0.3, -0.25) is 4.79 Å².